The van der Waals surface area contributed by atoms with Crippen molar-refractivity contribution in [2.45, 2.75) is 59.8 Å². The first kappa shape index (κ1) is 16.7. The summed E-state index contributed by atoms with van der Waals surface area (Å²) in [5.74, 6) is 0.734. The number of primary amides is 1. The number of carbonyl (C=O) groups is 1. The van der Waals surface area contributed by atoms with Gasteiger partial charge in [-0.3, -0.25) is 0 Å². The topological polar surface area (TPSA) is 67.5 Å². The minimum absolute atomic E-state index is 0.607. The third kappa shape index (κ3) is 11.2. The lowest BCUT2D eigenvalue weighted by atomic mass is 9.97. The first-order chi connectivity index (χ1) is 8.41. The number of nitrogens with two attached hydrogens (primary N) is 1. The number of hydrazone groups is 1. The molecular weight excluding hydrogens is 226 g/mol. The molecule has 0 aliphatic heterocycles. The van der Waals surface area contributed by atoms with Crippen LogP contribution in [0.4, 0.5) is 4.79 Å². The molecule has 0 bridgehead atoms. The number of nitrogens with zero attached hydrogens (tertiary/aromatic N) is 1. The van der Waals surface area contributed by atoms with Gasteiger partial charge in [0.1, 0.15) is 0 Å². The number of nitrogens with one attached hydrogen (secondary N) is 1. The van der Waals surface area contributed by atoms with Crippen molar-refractivity contribution in [1.82, 2.24) is 5.43 Å². The Bertz CT molecular complexity index is 304. The highest BCUT2D eigenvalue weighted by atomic mass is 16.2. The Morgan fingerprint density at radius 1 is 1.33 bits per heavy atom. The van der Waals surface area contributed by atoms with E-state index in [-0.39, 0.29) is 0 Å². The molecule has 4 nitrogen and oxygen atoms in total. The van der Waals surface area contributed by atoms with Crippen LogP contribution < -0.4 is 11.2 Å². The van der Waals surface area contributed by atoms with Crippen molar-refractivity contribution < 1.29 is 4.79 Å². The zero-order chi connectivity index (χ0) is 14.0. The quantitative estimate of drug-likeness (QED) is 0.387. The average Bonchev–Trinajstić information content (AvgIpc) is 2.25. The van der Waals surface area contributed by atoms with Gasteiger partial charge >= 0.3 is 6.03 Å². The van der Waals surface area contributed by atoms with Crippen LogP contribution in [-0.4, -0.2) is 11.7 Å². The maximum Gasteiger partial charge on any atom is 0.332 e. The SMILES string of the molecule is CC(C)=CCC[C@H](C)CCC/C(C)=N\NC(N)=O. The third-order valence-electron chi connectivity index (χ3n) is 2.80. The Hall–Kier alpha value is -1.32. The molecule has 0 fully saturated rings. The van der Waals surface area contributed by atoms with E-state index in [0.717, 1.165) is 24.5 Å². The van der Waals surface area contributed by atoms with Gasteiger partial charge < -0.3 is 5.73 Å². The number of urea groups is 1. The largest absolute Gasteiger partial charge is 0.350 e. The van der Waals surface area contributed by atoms with E-state index in [1.807, 2.05) is 6.92 Å². The van der Waals surface area contributed by atoms with Crippen LogP contribution in [0.25, 0.3) is 0 Å². The van der Waals surface area contributed by atoms with Gasteiger partial charge in [-0.15, -0.1) is 0 Å². The van der Waals surface area contributed by atoms with Crippen molar-refractivity contribution in [3.8, 4) is 0 Å². The molecule has 0 radical (unpaired) electrons. The normalized spacial score (nSPS) is 13.0. The number of hydrogen-bond donors (Lipinski definition) is 2. The maximum absolute atomic E-state index is 10.5. The number of carbonyl (C=O) groups excluding carboxylic acids is 1. The van der Waals surface area contributed by atoms with Crippen LogP contribution in [0.5, 0.6) is 0 Å². The molecule has 2 amide bonds. The lowest BCUT2D eigenvalue weighted by Crippen LogP contribution is -2.25. The smallest absolute Gasteiger partial charge is 0.332 e. The molecule has 0 aromatic carbocycles. The Labute approximate surface area is 111 Å². The second-order valence-electron chi connectivity index (χ2n) is 5.18. The fourth-order valence-electron chi connectivity index (χ4n) is 1.71. The highest BCUT2D eigenvalue weighted by Gasteiger charge is 2.02. The predicted octanol–water partition coefficient (Wildman–Crippen LogP) is 3.58. The van der Waals surface area contributed by atoms with Crippen LogP contribution in [0, 0.1) is 5.92 Å². The molecule has 104 valence electrons. The summed E-state index contributed by atoms with van der Waals surface area (Å²) in [6.45, 7) is 8.46. The Morgan fingerprint density at radius 3 is 2.56 bits per heavy atom. The summed E-state index contributed by atoms with van der Waals surface area (Å²) in [5.41, 5.74) is 9.50. The molecule has 4 heteroatoms. The fourth-order valence-corrected chi connectivity index (χ4v) is 1.71. The fraction of sp³-hybridized carbons (Fsp3) is 0.714. The predicted molar refractivity (Wildman–Crippen MR) is 77.5 cm³/mol. The van der Waals surface area contributed by atoms with E-state index in [2.05, 4.69) is 37.4 Å². The molecule has 18 heavy (non-hydrogen) atoms. The van der Waals surface area contributed by atoms with Crippen molar-refractivity contribution >= 4 is 11.7 Å². The molecule has 3 N–H and O–H groups in total. The Morgan fingerprint density at radius 2 is 2.00 bits per heavy atom. The molecule has 0 aromatic rings. The summed E-state index contributed by atoms with van der Waals surface area (Å²) in [6.07, 6.45) is 7.90. The molecule has 0 spiro atoms. The molecule has 0 aromatic heterocycles. The lowest BCUT2D eigenvalue weighted by Gasteiger charge is -2.09. The van der Waals surface area contributed by atoms with Crippen molar-refractivity contribution in [3.63, 3.8) is 0 Å². The average molecular weight is 253 g/mol. The van der Waals surface area contributed by atoms with Crippen LogP contribution in [0.15, 0.2) is 16.8 Å². The van der Waals surface area contributed by atoms with Crippen molar-refractivity contribution in [2.75, 3.05) is 0 Å². The number of hydrogen-bond acceptors (Lipinski definition) is 2. The van der Waals surface area contributed by atoms with Crippen LogP contribution in [-0.2, 0) is 0 Å². The van der Waals surface area contributed by atoms with Crippen molar-refractivity contribution in [1.29, 1.82) is 0 Å². The minimum atomic E-state index is -0.607. The third-order valence-corrected chi connectivity index (χ3v) is 2.80. The molecule has 0 aliphatic carbocycles. The first-order valence-electron chi connectivity index (χ1n) is 6.63. The second-order valence-corrected chi connectivity index (χ2v) is 5.18. The minimum Gasteiger partial charge on any atom is -0.350 e. The molecule has 0 saturated carbocycles. The van der Waals surface area contributed by atoms with E-state index in [9.17, 15) is 4.79 Å². The van der Waals surface area contributed by atoms with Gasteiger partial charge in [0.25, 0.3) is 0 Å². The van der Waals surface area contributed by atoms with E-state index in [1.165, 1.54) is 24.8 Å². The number of rotatable bonds is 8. The molecule has 0 unspecified atom stereocenters. The van der Waals surface area contributed by atoms with Crippen LogP contribution in [0.3, 0.4) is 0 Å². The first-order valence-corrected chi connectivity index (χ1v) is 6.63. The van der Waals surface area contributed by atoms with E-state index >= 15 is 0 Å². The van der Waals surface area contributed by atoms with Gasteiger partial charge in [0.15, 0.2) is 0 Å². The highest BCUT2D eigenvalue weighted by molar-refractivity contribution is 5.83. The summed E-state index contributed by atoms with van der Waals surface area (Å²) in [6, 6.07) is -0.607. The van der Waals surface area contributed by atoms with Crippen molar-refractivity contribution in [3.05, 3.63) is 11.6 Å². The Balaban J connectivity index is 3.67. The molecule has 0 rings (SSSR count). The summed E-state index contributed by atoms with van der Waals surface area (Å²) in [7, 11) is 0. The standard InChI is InChI=1S/C14H27N3O/c1-11(2)7-5-8-12(3)9-6-10-13(4)16-17-14(15)18/h7,12H,5-6,8-10H2,1-4H3,(H3,15,17,18)/b16-13-/t12-/m0/s1. The van der Waals surface area contributed by atoms with Gasteiger partial charge in [-0.25, -0.2) is 10.2 Å². The van der Waals surface area contributed by atoms with Gasteiger partial charge in [-0.1, -0.05) is 25.0 Å². The van der Waals surface area contributed by atoms with E-state index < -0.39 is 6.03 Å². The molecule has 1 atom stereocenters. The van der Waals surface area contributed by atoms with E-state index in [1.54, 1.807) is 0 Å². The summed E-state index contributed by atoms with van der Waals surface area (Å²) >= 11 is 0. The number of allylic oxidation sites excluding steroid dienone is 2. The zero-order valence-electron chi connectivity index (χ0n) is 12.1. The van der Waals surface area contributed by atoms with Crippen LogP contribution in [0.1, 0.15) is 59.8 Å². The van der Waals surface area contributed by atoms with Crippen LogP contribution >= 0.6 is 0 Å². The highest BCUT2D eigenvalue weighted by Crippen LogP contribution is 2.15. The van der Waals surface area contributed by atoms with Crippen LogP contribution in [0.2, 0.25) is 0 Å². The van der Waals surface area contributed by atoms with Gasteiger partial charge in [-0.2, -0.15) is 5.10 Å². The van der Waals surface area contributed by atoms with Gasteiger partial charge in [0.2, 0.25) is 0 Å². The molecular formula is C14H27N3O. The van der Waals surface area contributed by atoms with Crippen molar-refractivity contribution in [2.24, 2.45) is 16.8 Å². The molecule has 0 saturated heterocycles. The zero-order valence-corrected chi connectivity index (χ0v) is 12.1. The number of amides is 2. The molecule has 0 aliphatic rings. The summed E-state index contributed by atoms with van der Waals surface area (Å²) in [4.78, 5) is 10.5. The van der Waals surface area contributed by atoms with E-state index in [4.69, 9.17) is 5.73 Å². The monoisotopic (exact) mass is 253 g/mol. The van der Waals surface area contributed by atoms with Gasteiger partial charge in [-0.05, 0) is 52.4 Å². The van der Waals surface area contributed by atoms with Gasteiger partial charge in [0.05, 0.1) is 0 Å². The Kier molecular flexibility index (Phi) is 8.97. The lowest BCUT2D eigenvalue weighted by molar-refractivity contribution is 0.249. The van der Waals surface area contributed by atoms with Gasteiger partial charge in [0, 0.05) is 5.71 Å². The summed E-state index contributed by atoms with van der Waals surface area (Å²) < 4.78 is 0. The second kappa shape index (κ2) is 9.68. The van der Waals surface area contributed by atoms with E-state index in [0.29, 0.717) is 0 Å². The molecule has 0 heterocycles. The maximum atomic E-state index is 10.5. The summed E-state index contributed by atoms with van der Waals surface area (Å²) in [5, 5.41) is 3.89.